The Balaban J connectivity index is 2.32. The number of methoxy groups -OCH3 is 1. The van der Waals surface area contributed by atoms with Crippen molar-refractivity contribution < 1.29 is 14.9 Å². The molecule has 0 heterocycles. The van der Waals surface area contributed by atoms with Gasteiger partial charge in [0.15, 0.2) is 0 Å². The van der Waals surface area contributed by atoms with Gasteiger partial charge >= 0.3 is 0 Å². The molecule has 2 N–H and O–H groups in total. The van der Waals surface area contributed by atoms with Crippen molar-refractivity contribution in [1.29, 1.82) is 0 Å². The van der Waals surface area contributed by atoms with E-state index >= 15 is 0 Å². The second kappa shape index (κ2) is 6.61. The van der Waals surface area contributed by atoms with E-state index in [4.69, 9.17) is 4.74 Å². The van der Waals surface area contributed by atoms with Crippen LogP contribution in [0.2, 0.25) is 0 Å². The van der Waals surface area contributed by atoms with Crippen molar-refractivity contribution in [2.45, 2.75) is 23.0 Å². The summed E-state index contributed by atoms with van der Waals surface area (Å²) in [5, 5.41) is 18.7. The molecule has 0 unspecified atom stereocenters. The molecule has 0 aliphatic carbocycles. The first-order valence-corrected chi connectivity index (χ1v) is 6.74. The largest absolute Gasteiger partial charge is 0.497 e. The minimum Gasteiger partial charge on any atom is -0.497 e. The third-order valence-corrected chi connectivity index (χ3v) is 4.04. The van der Waals surface area contributed by atoms with Crippen LogP contribution in [0, 0.1) is 0 Å². The lowest BCUT2D eigenvalue weighted by Gasteiger charge is -2.11. The fourth-order valence-electron chi connectivity index (χ4n) is 1.76. The Labute approximate surface area is 116 Å². The van der Waals surface area contributed by atoms with Gasteiger partial charge in [0.25, 0.3) is 0 Å². The summed E-state index contributed by atoms with van der Waals surface area (Å²) in [6, 6.07) is 13.3. The fourth-order valence-corrected chi connectivity index (χ4v) is 2.80. The summed E-state index contributed by atoms with van der Waals surface area (Å²) in [5.74, 6) is 0.726. The summed E-state index contributed by atoms with van der Waals surface area (Å²) in [6.45, 7) is -0.0331. The van der Waals surface area contributed by atoms with Crippen molar-refractivity contribution >= 4 is 11.8 Å². The molecule has 3 nitrogen and oxygen atoms in total. The Bertz CT molecular complexity index is 555. The highest BCUT2D eigenvalue weighted by Crippen LogP contribution is 2.34. The van der Waals surface area contributed by atoms with Crippen LogP contribution < -0.4 is 4.74 Å². The number of rotatable bonds is 5. The first-order chi connectivity index (χ1) is 9.28. The van der Waals surface area contributed by atoms with E-state index in [1.54, 1.807) is 7.11 Å². The molecule has 2 rings (SSSR count). The molecule has 0 saturated heterocycles. The molecular weight excluding hydrogens is 260 g/mol. The van der Waals surface area contributed by atoms with Gasteiger partial charge in [-0.25, -0.2) is 0 Å². The summed E-state index contributed by atoms with van der Waals surface area (Å²) < 4.78 is 5.15. The second-order valence-electron chi connectivity index (χ2n) is 4.00. The Kier molecular flexibility index (Phi) is 4.85. The van der Waals surface area contributed by atoms with E-state index < -0.39 is 0 Å². The molecule has 0 radical (unpaired) electrons. The van der Waals surface area contributed by atoms with Gasteiger partial charge in [-0.3, -0.25) is 0 Å². The molecule has 0 fully saturated rings. The van der Waals surface area contributed by atoms with E-state index in [0.717, 1.165) is 26.7 Å². The third-order valence-electron chi connectivity index (χ3n) is 2.80. The summed E-state index contributed by atoms with van der Waals surface area (Å²) in [6.07, 6.45) is 0. The fraction of sp³-hybridized carbons (Fsp3) is 0.200. The van der Waals surface area contributed by atoms with Gasteiger partial charge in [-0.15, -0.1) is 0 Å². The van der Waals surface area contributed by atoms with Gasteiger partial charge in [-0.1, -0.05) is 30.0 Å². The number of hydrogen-bond donors (Lipinski definition) is 2. The van der Waals surface area contributed by atoms with Gasteiger partial charge in [-0.05, 0) is 35.4 Å². The van der Waals surface area contributed by atoms with Crippen LogP contribution in [0.15, 0.2) is 52.3 Å². The van der Waals surface area contributed by atoms with Crippen LogP contribution in [0.25, 0.3) is 0 Å². The van der Waals surface area contributed by atoms with Gasteiger partial charge in [0, 0.05) is 9.79 Å². The predicted octanol–water partition coefficient (Wildman–Crippen LogP) is 2.83. The van der Waals surface area contributed by atoms with Crippen LogP contribution in [-0.2, 0) is 13.2 Å². The van der Waals surface area contributed by atoms with Crippen LogP contribution in [0.3, 0.4) is 0 Å². The summed E-state index contributed by atoms with van der Waals surface area (Å²) >= 11 is 1.53. The van der Waals surface area contributed by atoms with Crippen molar-refractivity contribution in [3.63, 3.8) is 0 Å². The minimum absolute atomic E-state index is 0.00772. The van der Waals surface area contributed by atoms with Crippen LogP contribution in [0.1, 0.15) is 11.1 Å². The number of benzene rings is 2. The van der Waals surface area contributed by atoms with Crippen LogP contribution in [0.4, 0.5) is 0 Å². The van der Waals surface area contributed by atoms with E-state index in [9.17, 15) is 10.2 Å². The SMILES string of the molecule is COc1ccc(Sc2ccccc2CO)c(CO)c1. The first-order valence-electron chi connectivity index (χ1n) is 5.93. The molecule has 19 heavy (non-hydrogen) atoms. The molecule has 0 aromatic heterocycles. The zero-order valence-electron chi connectivity index (χ0n) is 10.7. The van der Waals surface area contributed by atoms with Crippen molar-refractivity contribution in [2.75, 3.05) is 7.11 Å². The van der Waals surface area contributed by atoms with E-state index in [2.05, 4.69) is 0 Å². The normalized spacial score (nSPS) is 10.5. The molecule has 2 aromatic rings. The number of aliphatic hydroxyl groups is 2. The van der Waals surface area contributed by atoms with Crippen molar-refractivity contribution in [2.24, 2.45) is 0 Å². The summed E-state index contributed by atoms with van der Waals surface area (Å²) in [5.41, 5.74) is 1.70. The molecule has 0 amide bonds. The van der Waals surface area contributed by atoms with Crippen molar-refractivity contribution in [3.8, 4) is 5.75 Å². The van der Waals surface area contributed by atoms with Crippen LogP contribution >= 0.6 is 11.8 Å². The van der Waals surface area contributed by atoms with Crippen molar-refractivity contribution in [1.82, 2.24) is 0 Å². The second-order valence-corrected chi connectivity index (χ2v) is 5.08. The molecule has 2 aromatic carbocycles. The molecule has 4 heteroatoms. The van der Waals surface area contributed by atoms with Gasteiger partial charge < -0.3 is 14.9 Å². The molecule has 0 aliphatic rings. The average molecular weight is 276 g/mol. The monoisotopic (exact) mass is 276 g/mol. The molecule has 0 saturated carbocycles. The van der Waals surface area contributed by atoms with E-state index in [1.165, 1.54) is 11.8 Å². The standard InChI is InChI=1S/C15H16O3S/c1-18-13-6-7-15(12(8-13)10-17)19-14-5-3-2-4-11(14)9-16/h2-8,16-17H,9-10H2,1H3. The topological polar surface area (TPSA) is 49.7 Å². The Morgan fingerprint density at radius 1 is 0.947 bits per heavy atom. The zero-order chi connectivity index (χ0) is 13.7. The van der Waals surface area contributed by atoms with E-state index in [-0.39, 0.29) is 13.2 Å². The maximum atomic E-state index is 9.42. The van der Waals surface area contributed by atoms with Gasteiger partial charge in [0.2, 0.25) is 0 Å². The molecule has 0 spiro atoms. The van der Waals surface area contributed by atoms with Crippen molar-refractivity contribution in [3.05, 3.63) is 53.6 Å². The maximum absolute atomic E-state index is 9.42. The maximum Gasteiger partial charge on any atom is 0.119 e. The quantitative estimate of drug-likeness (QED) is 0.881. The average Bonchev–Trinajstić information content (AvgIpc) is 2.48. The Morgan fingerprint density at radius 3 is 2.32 bits per heavy atom. The molecule has 0 atom stereocenters. The van der Waals surface area contributed by atoms with Crippen LogP contribution in [-0.4, -0.2) is 17.3 Å². The zero-order valence-corrected chi connectivity index (χ0v) is 11.5. The summed E-state index contributed by atoms with van der Waals surface area (Å²) in [4.78, 5) is 1.95. The Morgan fingerprint density at radius 2 is 1.63 bits per heavy atom. The highest BCUT2D eigenvalue weighted by Gasteiger charge is 2.08. The molecule has 100 valence electrons. The highest BCUT2D eigenvalue weighted by atomic mass is 32.2. The number of ether oxygens (including phenoxy) is 1. The minimum atomic E-state index is -0.0408. The first kappa shape index (κ1) is 13.9. The lowest BCUT2D eigenvalue weighted by Crippen LogP contribution is -1.92. The lowest BCUT2D eigenvalue weighted by molar-refractivity contribution is 0.278. The molecule has 0 bridgehead atoms. The predicted molar refractivity (Wildman–Crippen MR) is 75.4 cm³/mol. The van der Waals surface area contributed by atoms with E-state index in [1.807, 2.05) is 42.5 Å². The van der Waals surface area contributed by atoms with E-state index in [0.29, 0.717) is 0 Å². The molecular formula is C15H16O3S. The summed E-state index contributed by atoms with van der Waals surface area (Å²) in [7, 11) is 1.60. The van der Waals surface area contributed by atoms with Gasteiger partial charge in [0.05, 0.1) is 20.3 Å². The Hall–Kier alpha value is -1.49. The number of hydrogen-bond acceptors (Lipinski definition) is 4. The number of aliphatic hydroxyl groups excluding tert-OH is 2. The van der Waals surface area contributed by atoms with Crippen LogP contribution in [0.5, 0.6) is 5.75 Å². The highest BCUT2D eigenvalue weighted by molar-refractivity contribution is 7.99. The smallest absolute Gasteiger partial charge is 0.119 e. The van der Waals surface area contributed by atoms with Gasteiger partial charge in [0.1, 0.15) is 5.75 Å². The molecule has 0 aliphatic heterocycles. The third kappa shape index (κ3) is 3.29. The van der Waals surface area contributed by atoms with Gasteiger partial charge in [-0.2, -0.15) is 0 Å². The lowest BCUT2D eigenvalue weighted by atomic mass is 10.2.